The molecule has 4 rings (SSSR count). The van der Waals surface area contributed by atoms with Gasteiger partial charge in [-0.3, -0.25) is 9.59 Å². The summed E-state index contributed by atoms with van der Waals surface area (Å²) in [5.41, 5.74) is 2.34. The third-order valence-electron chi connectivity index (χ3n) is 6.69. The van der Waals surface area contributed by atoms with Crippen molar-refractivity contribution in [3.8, 4) is 118 Å². The topological polar surface area (TPSA) is 132 Å². The minimum atomic E-state index is -0.374. The number of phenols is 1. The van der Waals surface area contributed by atoms with Gasteiger partial charge in [-0.25, -0.2) is 0 Å². The van der Waals surface area contributed by atoms with Gasteiger partial charge in [0.2, 0.25) is 0 Å². The van der Waals surface area contributed by atoms with E-state index in [4.69, 9.17) is 20.6 Å². The number of hydrogen-bond donors (Lipinski definition) is 1. The maximum atomic E-state index is 12.3. The van der Waals surface area contributed by atoms with Gasteiger partial charge in [-0.1, -0.05) is 6.42 Å². The van der Waals surface area contributed by atoms with Crippen LogP contribution >= 0.6 is 0 Å². The van der Waals surface area contributed by atoms with Gasteiger partial charge in [-0.2, -0.15) is 20.5 Å². The molecule has 0 heterocycles. The van der Waals surface area contributed by atoms with Crippen LogP contribution in [-0.2, 0) is 9.59 Å². The summed E-state index contributed by atoms with van der Waals surface area (Å²) in [5, 5.41) is 26.0. The summed E-state index contributed by atoms with van der Waals surface area (Å²) in [6.07, 6.45) is 9.65. The summed E-state index contributed by atoms with van der Waals surface area (Å²) in [7, 11) is 0. The van der Waals surface area contributed by atoms with E-state index in [2.05, 4.69) is 109 Å². The molecule has 57 heavy (non-hydrogen) atoms. The zero-order valence-corrected chi connectivity index (χ0v) is 30.1. The van der Waals surface area contributed by atoms with Gasteiger partial charge in [0.1, 0.15) is 29.1 Å². The Hall–Kier alpha value is -8.90. The Morgan fingerprint density at radius 2 is 0.789 bits per heavy atom. The Labute approximate surface area is 330 Å². The van der Waals surface area contributed by atoms with Crippen molar-refractivity contribution in [1.29, 1.82) is 0 Å². The van der Waals surface area contributed by atoms with Crippen molar-refractivity contribution in [1.82, 2.24) is 0 Å². The minimum absolute atomic E-state index is 0.150. The zero-order valence-electron chi connectivity index (χ0n) is 30.1. The van der Waals surface area contributed by atoms with E-state index in [1.54, 1.807) is 84.9 Å². The molecule has 0 aliphatic carbocycles. The monoisotopic (exact) mass is 744 g/mol. The first-order chi connectivity index (χ1) is 28.0. The van der Waals surface area contributed by atoms with Crippen LogP contribution in [0, 0.1) is 95.4 Å². The zero-order chi connectivity index (χ0) is 40.2. The highest BCUT2D eigenvalue weighted by molar-refractivity contribution is 5.73. The van der Waals surface area contributed by atoms with E-state index in [0.717, 1.165) is 0 Å². The van der Waals surface area contributed by atoms with Crippen LogP contribution in [0.15, 0.2) is 118 Å². The molecule has 4 aromatic rings. The second-order valence-corrected chi connectivity index (χ2v) is 10.9. The molecule has 0 amide bonds. The SMILES string of the molecule is C#CC#CC#CC#CC#CC#CC#CC#COc1ccc(/N=N/c2ccc(OC(=O)CCCCCC(=O)Oc3ccc(/N=N/c4ccc(O)cc4)cc3)cc2)cc1. The molecule has 0 aromatic heterocycles. The molecule has 0 aliphatic rings. The second-order valence-electron chi connectivity index (χ2n) is 10.9. The second kappa shape index (κ2) is 24.4. The Morgan fingerprint density at radius 1 is 0.456 bits per heavy atom. The summed E-state index contributed by atoms with van der Waals surface area (Å²) in [6, 6.07) is 26.4. The van der Waals surface area contributed by atoms with E-state index in [1.165, 1.54) is 12.1 Å². The van der Waals surface area contributed by atoms with Crippen LogP contribution in [0.25, 0.3) is 0 Å². The lowest BCUT2D eigenvalue weighted by molar-refractivity contribution is -0.134. The number of terminal acetylenes is 1. The molecule has 4 aromatic carbocycles. The number of hydrogen-bond acceptors (Lipinski definition) is 10. The molecule has 0 bridgehead atoms. The van der Waals surface area contributed by atoms with Crippen LogP contribution in [0.5, 0.6) is 23.0 Å². The van der Waals surface area contributed by atoms with Crippen molar-refractivity contribution < 1.29 is 28.9 Å². The number of aromatic hydroxyl groups is 1. The fraction of sp³-hybridized carbons (Fsp3) is 0.106. The number of benzene rings is 4. The number of phenolic OH excluding ortho intramolecular Hbond substituents is 1. The van der Waals surface area contributed by atoms with Crippen molar-refractivity contribution in [2.45, 2.75) is 32.1 Å². The molecule has 0 spiro atoms. The lowest BCUT2D eigenvalue weighted by atomic mass is 10.1. The lowest BCUT2D eigenvalue weighted by Gasteiger charge is -2.06. The number of azo groups is 2. The van der Waals surface area contributed by atoms with Crippen molar-refractivity contribution in [2.24, 2.45) is 20.5 Å². The molecule has 272 valence electrons. The highest BCUT2D eigenvalue weighted by Crippen LogP contribution is 2.25. The number of rotatable bonds is 13. The maximum Gasteiger partial charge on any atom is 0.311 e. The normalized spacial score (nSPS) is 9.18. The van der Waals surface area contributed by atoms with E-state index in [9.17, 15) is 14.7 Å². The highest BCUT2D eigenvalue weighted by Gasteiger charge is 2.08. The van der Waals surface area contributed by atoms with E-state index in [-0.39, 0.29) is 30.5 Å². The molecule has 0 unspecified atom stereocenters. The maximum absolute atomic E-state index is 12.3. The van der Waals surface area contributed by atoms with E-state index >= 15 is 0 Å². The fourth-order valence-electron chi connectivity index (χ4n) is 4.06. The smallest absolute Gasteiger partial charge is 0.311 e. The molecule has 0 aliphatic heterocycles. The van der Waals surface area contributed by atoms with E-state index in [0.29, 0.717) is 59.3 Å². The Bertz CT molecular complexity index is 2590. The Balaban J connectivity index is 1.08. The molecule has 10 heteroatoms. The summed E-state index contributed by atoms with van der Waals surface area (Å²) in [6.45, 7) is 0. The molecular weight excluding hydrogens is 717 g/mol. The predicted molar refractivity (Wildman–Crippen MR) is 214 cm³/mol. The summed E-state index contributed by atoms with van der Waals surface area (Å²) in [4.78, 5) is 24.6. The van der Waals surface area contributed by atoms with Gasteiger partial charge < -0.3 is 19.3 Å². The number of ether oxygens (including phenoxy) is 3. The van der Waals surface area contributed by atoms with Gasteiger partial charge in [0.25, 0.3) is 0 Å². The van der Waals surface area contributed by atoms with E-state index in [1.807, 2.05) is 0 Å². The Morgan fingerprint density at radius 3 is 1.18 bits per heavy atom. The van der Waals surface area contributed by atoms with Crippen LogP contribution in [0.4, 0.5) is 22.7 Å². The molecule has 1 N–H and O–H groups in total. The molecular formula is C47H28N4O6. The highest BCUT2D eigenvalue weighted by atomic mass is 16.5. The van der Waals surface area contributed by atoms with E-state index < -0.39 is 0 Å². The minimum Gasteiger partial charge on any atom is -0.508 e. The molecule has 0 saturated heterocycles. The van der Waals surface area contributed by atoms with Crippen molar-refractivity contribution >= 4 is 34.7 Å². The van der Waals surface area contributed by atoms with Crippen LogP contribution in [0.1, 0.15) is 32.1 Å². The standard InChI is InChI=1S/C47H28N4O6/c1-2-3-4-5-6-7-8-9-10-11-12-13-14-18-37-55-43-31-23-39(24-32-43)49-51-41-27-35-45(36-28-41)57-47(54)20-17-15-16-19-46(53)56-44-33-25-40(26-34-44)50-48-38-21-29-42(52)30-22-38/h1,21-36,52H,15-17,19-20H2/b50-48+,51-49+. The molecule has 0 fully saturated rings. The summed E-state index contributed by atoms with van der Waals surface area (Å²) in [5.74, 6) is 35.1. The molecule has 0 atom stereocenters. The number of nitrogens with zero attached hydrogens (tertiary/aromatic N) is 4. The number of carbonyl (C=O) groups excluding carboxylic acids is 2. The van der Waals surface area contributed by atoms with Crippen LogP contribution < -0.4 is 14.2 Å². The lowest BCUT2D eigenvalue weighted by Crippen LogP contribution is -2.09. The summed E-state index contributed by atoms with van der Waals surface area (Å²) >= 11 is 0. The average Bonchev–Trinajstić information content (AvgIpc) is 3.22. The number of esters is 2. The molecule has 0 radical (unpaired) electrons. The molecule has 10 nitrogen and oxygen atoms in total. The van der Waals surface area contributed by atoms with Crippen LogP contribution in [-0.4, -0.2) is 17.0 Å². The van der Waals surface area contributed by atoms with Gasteiger partial charge in [-0.05, 0) is 151 Å². The van der Waals surface area contributed by atoms with Crippen LogP contribution in [0.2, 0.25) is 0 Å². The van der Waals surface area contributed by atoms with Gasteiger partial charge in [-0.15, -0.1) is 6.42 Å². The quantitative estimate of drug-likeness (QED) is 0.0479. The average molecular weight is 745 g/mol. The number of unbranched alkanes of at least 4 members (excludes halogenated alkanes) is 2. The predicted octanol–water partition coefficient (Wildman–Crippen LogP) is 8.68. The largest absolute Gasteiger partial charge is 0.508 e. The van der Waals surface area contributed by atoms with Crippen molar-refractivity contribution in [3.63, 3.8) is 0 Å². The third kappa shape index (κ3) is 17.4. The van der Waals surface area contributed by atoms with Gasteiger partial charge >= 0.3 is 11.9 Å². The number of carbonyl (C=O) groups is 2. The fourth-order valence-corrected chi connectivity index (χ4v) is 4.06. The van der Waals surface area contributed by atoms with Crippen LogP contribution in [0.3, 0.4) is 0 Å². The molecule has 0 saturated carbocycles. The Kier molecular flexibility index (Phi) is 17.5. The van der Waals surface area contributed by atoms with Gasteiger partial charge in [0.15, 0.2) is 0 Å². The first kappa shape index (κ1) is 40.9. The van der Waals surface area contributed by atoms with Crippen molar-refractivity contribution in [2.75, 3.05) is 0 Å². The first-order valence-corrected chi connectivity index (χ1v) is 16.9. The van der Waals surface area contributed by atoms with Gasteiger partial charge in [0.05, 0.1) is 22.7 Å². The summed E-state index contributed by atoms with van der Waals surface area (Å²) < 4.78 is 16.1. The first-order valence-electron chi connectivity index (χ1n) is 16.9. The third-order valence-corrected chi connectivity index (χ3v) is 6.69. The van der Waals surface area contributed by atoms with Crippen molar-refractivity contribution in [3.05, 3.63) is 97.1 Å². The van der Waals surface area contributed by atoms with Gasteiger partial charge in [0, 0.05) is 54.3 Å².